The van der Waals surface area contributed by atoms with Gasteiger partial charge >= 0.3 is 0 Å². The van der Waals surface area contributed by atoms with Crippen LogP contribution in [0, 0.1) is 5.92 Å². The number of amides is 1. The summed E-state index contributed by atoms with van der Waals surface area (Å²) in [6.45, 7) is 4.44. The Kier molecular flexibility index (Phi) is 4.43. The van der Waals surface area contributed by atoms with E-state index in [-0.39, 0.29) is 11.8 Å². The molecule has 0 saturated heterocycles. The maximum atomic E-state index is 11.9. The number of carbonyl (C=O) groups is 1. The number of hydrogen-bond acceptors (Lipinski definition) is 3. The summed E-state index contributed by atoms with van der Waals surface area (Å²) in [5.74, 6) is 0.128. The normalized spacial score (nSPS) is 12.6. The molecular formula is C12H19N3O. The number of nitrogens with zero attached hydrogens (tertiary/aromatic N) is 2. The number of aromatic nitrogens is 1. The minimum atomic E-state index is -0.429. The van der Waals surface area contributed by atoms with Gasteiger partial charge in [0.1, 0.15) is 0 Å². The van der Waals surface area contributed by atoms with Crippen molar-refractivity contribution in [2.45, 2.75) is 26.4 Å². The van der Waals surface area contributed by atoms with Crippen molar-refractivity contribution < 1.29 is 4.79 Å². The van der Waals surface area contributed by atoms with E-state index in [0.717, 1.165) is 5.56 Å². The molecule has 0 saturated carbocycles. The molecule has 0 spiro atoms. The number of hydrogen-bond donors (Lipinski definition) is 1. The van der Waals surface area contributed by atoms with Gasteiger partial charge in [0, 0.05) is 26.0 Å². The summed E-state index contributed by atoms with van der Waals surface area (Å²) in [7, 11) is 1.76. The first-order valence-electron chi connectivity index (χ1n) is 5.42. The standard InChI is InChI=1S/C12H19N3O/c1-9(2)11(13)12(16)15(3)8-10-5-4-6-14-7-10/h4-7,9,11H,8,13H2,1-3H3/t11-/m0/s1. The molecule has 2 N–H and O–H groups in total. The van der Waals surface area contributed by atoms with E-state index in [4.69, 9.17) is 5.73 Å². The minimum absolute atomic E-state index is 0.0288. The fourth-order valence-corrected chi connectivity index (χ4v) is 1.38. The second-order valence-corrected chi connectivity index (χ2v) is 4.33. The fourth-order valence-electron chi connectivity index (χ4n) is 1.38. The topological polar surface area (TPSA) is 59.2 Å². The van der Waals surface area contributed by atoms with Crippen LogP contribution in [-0.2, 0) is 11.3 Å². The van der Waals surface area contributed by atoms with Gasteiger partial charge < -0.3 is 10.6 Å². The third kappa shape index (κ3) is 3.31. The molecule has 88 valence electrons. The third-order valence-electron chi connectivity index (χ3n) is 2.52. The van der Waals surface area contributed by atoms with Crippen LogP contribution in [0.3, 0.4) is 0 Å². The molecule has 1 aromatic rings. The number of likely N-dealkylation sites (N-methyl/N-ethyl adjacent to an activating group) is 1. The highest BCUT2D eigenvalue weighted by Gasteiger charge is 2.20. The molecule has 1 atom stereocenters. The first-order valence-corrected chi connectivity index (χ1v) is 5.42. The predicted molar refractivity (Wildman–Crippen MR) is 63.5 cm³/mol. The lowest BCUT2D eigenvalue weighted by molar-refractivity contribution is -0.132. The molecule has 0 radical (unpaired) electrons. The monoisotopic (exact) mass is 221 g/mol. The molecular weight excluding hydrogens is 202 g/mol. The largest absolute Gasteiger partial charge is 0.340 e. The number of nitrogens with two attached hydrogens (primary N) is 1. The Morgan fingerprint density at radius 2 is 2.25 bits per heavy atom. The summed E-state index contributed by atoms with van der Waals surface area (Å²) < 4.78 is 0. The van der Waals surface area contributed by atoms with Gasteiger partial charge in [-0.15, -0.1) is 0 Å². The molecule has 1 heterocycles. The summed E-state index contributed by atoms with van der Waals surface area (Å²) in [6, 6.07) is 3.37. The average molecular weight is 221 g/mol. The van der Waals surface area contributed by atoms with Gasteiger partial charge in [0.15, 0.2) is 0 Å². The molecule has 0 aliphatic rings. The second-order valence-electron chi connectivity index (χ2n) is 4.33. The molecule has 0 aliphatic heterocycles. The smallest absolute Gasteiger partial charge is 0.239 e. The second kappa shape index (κ2) is 5.61. The Labute approximate surface area is 96.5 Å². The van der Waals surface area contributed by atoms with Crippen molar-refractivity contribution in [3.8, 4) is 0 Å². The number of pyridine rings is 1. The average Bonchev–Trinajstić information content (AvgIpc) is 2.28. The molecule has 0 unspecified atom stereocenters. The van der Waals surface area contributed by atoms with Crippen molar-refractivity contribution in [1.82, 2.24) is 9.88 Å². The van der Waals surface area contributed by atoms with Crippen LogP contribution in [0.5, 0.6) is 0 Å². The molecule has 1 amide bonds. The highest BCUT2D eigenvalue weighted by atomic mass is 16.2. The quantitative estimate of drug-likeness (QED) is 0.826. The van der Waals surface area contributed by atoms with E-state index >= 15 is 0 Å². The van der Waals surface area contributed by atoms with Crippen LogP contribution in [0.4, 0.5) is 0 Å². The first kappa shape index (κ1) is 12.6. The van der Waals surface area contributed by atoms with Gasteiger partial charge in [-0.1, -0.05) is 19.9 Å². The SMILES string of the molecule is CC(C)[C@H](N)C(=O)N(C)Cc1cccnc1. The highest BCUT2D eigenvalue weighted by Crippen LogP contribution is 2.06. The van der Waals surface area contributed by atoms with Gasteiger partial charge in [0.2, 0.25) is 5.91 Å². The van der Waals surface area contributed by atoms with Gasteiger partial charge in [0.25, 0.3) is 0 Å². The minimum Gasteiger partial charge on any atom is -0.340 e. The third-order valence-corrected chi connectivity index (χ3v) is 2.52. The zero-order valence-electron chi connectivity index (χ0n) is 10.1. The Balaban J connectivity index is 2.59. The molecule has 1 aromatic heterocycles. The molecule has 4 heteroatoms. The lowest BCUT2D eigenvalue weighted by atomic mass is 10.0. The number of carbonyl (C=O) groups excluding carboxylic acids is 1. The summed E-state index contributed by atoms with van der Waals surface area (Å²) in [4.78, 5) is 17.5. The molecule has 0 aromatic carbocycles. The van der Waals surface area contributed by atoms with Crippen molar-refractivity contribution in [2.24, 2.45) is 11.7 Å². The van der Waals surface area contributed by atoms with Gasteiger partial charge in [-0.3, -0.25) is 9.78 Å². The lowest BCUT2D eigenvalue weighted by Gasteiger charge is -2.23. The molecule has 0 bridgehead atoms. The van der Waals surface area contributed by atoms with Gasteiger partial charge in [0.05, 0.1) is 6.04 Å². The van der Waals surface area contributed by atoms with Crippen LogP contribution >= 0.6 is 0 Å². The van der Waals surface area contributed by atoms with Gasteiger partial charge in [-0.25, -0.2) is 0 Å². The first-order chi connectivity index (χ1) is 7.52. The number of rotatable bonds is 4. The Hall–Kier alpha value is -1.42. The summed E-state index contributed by atoms with van der Waals surface area (Å²) in [6.07, 6.45) is 3.47. The zero-order valence-corrected chi connectivity index (χ0v) is 10.1. The lowest BCUT2D eigenvalue weighted by Crippen LogP contribution is -2.44. The maximum absolute atomic E-state index is 11.9. The van der Waals surface area contributed by atoms with Gasteiger partial charge in [-0.05, 0) is 17.5 Å². The molecule has 0 fully saturated rings. The van der Waals surface area contributed by atoms with E-state index in [0.29, 0.717) is 6.54 Å². The van der Waals surface area contributed by atoms with E-state index < -0.39 is 6.04 Å². The van der Waals surface area contributed by atoms with Crippen LogP contribution in [0.1, 0.15) is 19.4 Å². The summed E-state index contributed by atoms with van der Waals surface area (Å²) >= 11 is 0. The molecule has 0 aliphatic carbocycles. The Morgan fingerprint density at radius 1 is 1.56 bits per heavy atom. The van der Waals surface area contributed by atoms with E-state index in [1.165, 1.54) is 0 Å². The summed E-state index contributed by atoms with van der Waals surface area (Å²) in [5.41, 5.74) is 6.82. The van der Waals surface area contributed by atoms with E-state index in [1.807, 2.05) is 26.0 Å². The fraction of sp³-hybridized carbons (Fsp3) is 0.500. The Morgan fingerprint density at radius 3 is 2.75 bits per heavy atom. The van der Waals surface area contributed by atoms with E-state index in [2.05, 4.69) is 4.98 Å². The van der Waals surface area contributed by atoms with Crippen molar-refractivity contribution in [2.75, 3.05) is 7.05 Å². The Bertz CT molecular complexity index is 337. The van der Waals surface area contributed by atoms with Gasteiger partial charge in [-0.2, -0.15) is 0 Å². The van der Waals surface area contributed by atoms with Crippen LogP contribution in [0.15, 0.2) is 24.5 Å². The highest BCUT2D eigenvalue weighted by molar-refractivity contribution is 5.81. The van der Waals surface area contributed by atoms with Crippen molar-refractivity contribution in [3.05, 3.63) is 30.1 Å². The van der Waals surface area contributed by atoms with Crippen molar-refractivity contribution >= 4 is 5.91 Å². The van der Waals surface area contributed by atoms with Crippen LogP contribution < -0.4 is 5.73 Å². The predicted octanol–water partition coefficient (Wildman–Crippen LogP) is 1.02. The van der Waals surface area contributed by atoms with Crippen LogP contribution in [-0.4, -0.2) is 28.9 Å². The zero-order chi connectivity index (χ0) is 12.1. The van der Waals surface area contributed by atoms with Crippen LogP contribution in [0.25, 0.3) is 0 Å². The van der Waals surface area contributed by atoms with E-state index in [9.17, 15) is 4.79 Å². The van der Waals surface area contributed by atoms with Crippen molar-refractivity contribution in [3.63, 3.8) is 0 Å². The molecule has 4 nitrogen and oxygen atoms in total. The summed E-state index contributed by atoms with van der Waals surface area (Å²) in [5, 5.41) is 0. The van der Waals surface area contributed by atoms with E-state index in [1.54, 1.807) is 24.3 Å². The molecule has 16 heavy (non-hydrogen) atoms. The van der Waals surface area contributed by atoms with Crippen molar-refractivity contribution in [1.29, 1.82) is 0 Å². The molecule has 1 rings (SSSR count). The maximum Gasteiger partial charge on any atom is 0.239 e. The van der Waals surface area contributed by atoms with Crippen LogP contribution in [0.2, 0.25) is 0 Å².